The maximum absolute atomic E-state index is 12.2. The van der Waals surface area contributed by atoms with Crippen LogP contribution in [0.4, 0.5) is 17.2 Å². The molecule has 2 aromatic carbocycles. The molecule has 1 heterocycles. The zero-order chi connectivity index (χ0) is 18.9. The highest BCUT2D eigenvalue weighted by atomic mass is 16.1. The lowest BCUT2D eigenvalue weighted by Gasteiger charge is -2.08. The fourth-order valence-electron chi connectivity index (χ4n) is 2.47. The van der Waals surface area contributed by atoms with E-state index in [0.29, 0.717) is 12.4 Å². The third-order valence-electron chi connectivity index (χ3n) is 3.94. The van der Waals surface area contributed by atoms with E-state index in [-0.39, 0.29) is 11.6 Å². The summed E-state index contributed by atoms with van der Waals surface area (Å²) in [6.07, 6.45) is 1.10. The van der Waals surface area contributed by atoms with Crippen LogP contribution in [0.2, 0.25) is 0 Å². The van der Waals surface area contributed by atoms with Crippen LogP contribution >= 0.6 is 0 Å². The van der Waals surface area contributed by atoms with Gasteiger partial charge in [-0.25, -0.2) is 0 Å². The highest BCUT2D eigenvalue weighted by Crippen LogP contribution is 2.12. The molecule has 0 aliphatic carbocycles. The molecule has 1 aromatic heterocycles. The summed E-state index contributed by atoms with van der Waals surface area (Å²) in [6.45, 7) is 3.75. The summed E-state index contributed by atoms with van der Waals surface area (Å²) < 4.78 is 0. The topological polar surface area (TPSA) is 78.9 Å². The first-order valence-electron chi connectivity index (χ1n) is 9.01. The first-order valence-corrected chi connectivity index (χ1v) is 9.01. The molecule has 0 spiro atoms. The average molecular weight is 361 g/mol. The van der Waals surface area contributed by atoms with Crippen molar-refractivity contribution in [3.05, 3.63) is 78.0 Å². The van der Waals surface area contributed by atoms with Gasteiger partial charge in [-0.05, 0) is 48.4 Å². The quantitative estimate of drug-likeness (QED) is 0.561. The molecule has 3 aromatic rings. The van der Waals surface area contributed by atoms with Gasteiger partial charge in [0.25, 0.3) is 5.91 Å². The molecule has 1 amide bonds. The van der Waals surface area contributed by atoms with Gasteiger partial charge in [-0.1, -0.05) is 37.3 Å². The second-order valence-electron chi connectivity index (χ2n) is 6.10. The zero-order valence-corrected chi connectivity index (χ0v) is 15.3. The molecule has 6 nitrogen and oxygen atoms in total. The van der Waals surface area contributed by atoms with Crippen LogP contribution in [0, 0.1) is 0 Å². The number of hydrogen-bond donors (Lipinski definition) is 3. The van der Waals surface area contributed by atoms with Gasteiger partial charge in [0.05, 0.1) is 0 Å². The number of para-hydroxylation sites is 1. The summed E-state index contributed by atoms with van der Waals surface area (Å²) in [6, 6.07) is 20.9. The van der Waals surface area contributed by atoms with Crippen LogP contribution in [0.3, 0.4) is 0 Å². The minimum absolute atomic E-state index is 0.274. The Morgan fingerprint density at radius 3 is 2.30 bits per heavy atom. The first kappa shape index (κ1) is 18.4. The second-order valence-corrected chi connectivity index (χ2v) is 6.10. The van der Waals surface area contributed by atoms with Gasteiger partial charge in [0.15, 0.2) is 5.69 Å². The van der Waals surface area contributed by atoms with E-state index in [1.54, 1.807) is 12.1 Å². The van der Waals surface area contributed by atoms with E-state index >= 15 is 0 Å². The predicted molar refractivity (Wildman–Crippen MR) is 109 cm³/mol. The average Bonchev–Trinajstić information content (AvgIpc) is 2.72. The Morgan fingerprint density at radius 2 is 1.63 bits per heavy atom. The molecular weight excluding hydrogens is 338 g/mol. The molecule has 0 fully saturated rings. The molecular formula is C21H23N5O. The molecule has 6 heteroatoms. The molecule has 27 heavy (non-hydrogen) atoms. The van der Waals surface area contributed by atoms with Crippen molar-refractivity contribution >= 4 is 23.1 Å². The summed E-state index contributed by atoms with van der Waals surface area (Å²) >= 11 is 0. The largest absolute Gasteiger partial charge is 0.385 e. The number of hydrogen-bond acceptors (Lipinski definition) is 5. The summed E-state index contributed by atoms with van der Waals surface area (Å²) in [4.78, 5) is 12.2. The molecule has 3 N–H and O–H groups in total. The lowest BCUT2D eigenvalue weighted by molar-refractivity contribution is 0.102. The molecule has 0 aliphatic heterocycles. The van der Waals surface area contributed by atoms with Crippen LogP contribution in [0.5, 0.6) is 0 Å². The Bertz CT molecular complexity index is 848. The van der Waals surface area contributed by atoms with Crippen molar-refractivity contribution < 1.29 is 4.79 Å². The van der Waals surface area contributed by atoms with E-state index in [2.05, 4.69) is 57.3 Å². The van der Waals surface area contributed by atoms with Crippen molar-refractivity contribution in [1.29, 1.82) is 0 Å². The van der Waals surface area contributed by atoms with Crippen molar-refractivity contribution in [3.8, 4) is 0 Å². The molecule has 0 bridgehead atoms. The smallest absolute Gasteiger partial charge is 0.276 e. The standard InChI is InChI=1S/C21H23N5O/c1-2-14-22-17-10-8-16(9-11-17)15-23-20-13-12-19(25-26-20)21(27)24-18-6-4-3-5-7-18/h3-13,22H,2,14-15H2,1H3,(H,23,26)(H,24,27). The third kappa shape index (κ3) is 5.54. The molecule has 0 aliphatic rings. The van der Waals surface area contributed by atoms with Crippen LogP contribution < -0.4 is 16.0 Å². The fourth-order valence-corrected chi connectivity index (χ4v) is 2.47. The van der Waals surface area contributed by atoms with Gasteiger partial charge in [-0.15, -0.1) is 10.2 Å². The van der Waals surface area contributed by atoms with Gasteiger partial charge < -0.3 is 16.0 Å². The Hall–Kier alpha value is -3.41. The van der Waals surface area contributed by atoms with Gasteiger partial charge in [-0.3, -0.25) is 4.79 Å². The summed E-state index contributed by atoms with van der Waals surface area (Å²) in [5.41, 5.74) is 3.26. The van der Waals surface area contributed by atoms with E-state index in [0.717, 1.165) is 29.9 Å². The fraction of sp³-hybridized carbons (Fsp3) is 0.190. The minimum Gasteiger partial charge on any atom is -0.385 e. The number of amides is 1. The lowest BCUT2D eigenvalue weighted by atomic mass is 10.2. The molecule has 0 radical (unpaired) electrons. The number of rotatable bonds is 8. The predicted octanol–water partition coefficient (Wildman–Crippen LogP) is 4.16. The van der Waals surface area contributed by atoms with E-state index in [9.17, 15) is 4.79 Å². The third-order valence-corrected chi connectivity index (χ3v) is 3.94. The van der Waals surface area contributed by atoms with Crippen LogP contribution in [-0.2, 0) is 6.54 Å². The van der Waals surface area contributed by atoms with Crippen molar-refractivity contribution in [2.24, 2.45) is 0 Å². The van der Waals surface area contributed by atoms with Crippen molar-refractivity contribution in [3.63, 3.8) is 0 Å². The Labute approximate surface area is 159 Å². The van der Waals surface area contributed by atoms with Gasteiger partial charge in [0.2, 0.25) is 0 Å². The maximum atomic E-state index is 12.2. The minimum atomic E-state index is -0.282. The Morgan fingerprint density at radius 1 is 0.852 bits per heavy atom. The number of anilines is 3. The Kier molecular flexibility index (Phi) is 6.35. The second kappa shape index (κ2) is 9.33. The van der Waals surface area contributed by atoms with Crippen molar-refractivity contribution in [2.45, 2.75) is 19.9 Å². The first-order chi connectivity index (χ1) is 13.2. The van der Waals surface area contributed by atoms with Crippen molar-refractivity contribution in [1.82, 2.24) is 10.2 Å². The number of benzene rings is 2. The SMILES string of the molecule is CCCNc1ccc(CNc2ccc(C(=O)Nc3ccccc3)nn2)cc1. The van der Waals surface area contributed by atoms with Gasteiger partial charge in [0, 0.05) is 24.5 Å². The highest BCUT2D eigenvalue weighted by Gasteiger charge is 2.08. The monoisotopic (exact) mass is 361 g/mol. The van der Waals surface area contributed by atoms with E-state index < -0.39 is 0 Å². The van der Waals surface area contributed by atoms with Crippen molar-refractivity contribution in [2.75, 3.05) is 22.5 Å². The van der Waals surface area contributed by atoms with E-state index in [1.807, 2.05) is 30.3 Å². The maximum Gasteiger partial charge on any atom is 0.276 e. The highest BCUT2D eigenvalue weighted by molar-refractivity contribution is 6.02. The van der Waals surface area contributed by atoms with Gasteiger partial charge >= 0.3 is 0 Å². The molecule has 0 atom stereocenters. The number of carbonyl (C=O) groups excluding carboxylic acids is 1. The number of aromatic nitrogens is 2. The molecule has 0 saturated heterocycles. The summed E-state index contributed by atoms with van der Waals surface area (Å²) in [5.74, 6) is 0.342. The van der Waals surface area contributed by atoms with Crippen LogP contribution in [0.15, 0.2) is 66.7 Å². The lowest BCUT2D eigenvalue weighted by Crippen LogP contribution is -2.14. The molecule has 138 valence electrons. The van der Waals surface area contributed by atoms with Crippen LogP contribution in [0.25, 0.3) is 0 Å². The molecule has 3 rings (SSSR count). The normalized spacial score (nSPS) is 10.3. The number of carbonyl (C=O) groups is 1. The van der Waals surface area contributed by atoms with E-state index in [1.165, 1.54) is 0 Å². The summed E-state index contributed by atoms with van der Waals surface area (Å²) in [7, 11) is 0. The van der Waals surface area contributed by atoms with Gasteiger partial charge in [0.1, 0.15) is 5.82 Å². The van der Waals surface area contributed by atoms with E-state index in [4.69, 9.17) is 0 Å². The van der Waals surface area contributed by atoms with Crippen LogP contribution in [-0.4, -0.2) is 22.6 Å². The van der Waals surface area contributed by atoms with Gasteiger partial charge in [-0.2, -0.15) is 0 Å². The zero-order valence-electron chi connectivity index (χ0n) is 15.3. The number of nitrogens with one attached hydrogen (secondary N) is 3. The molecule has 0 unspecified atom stereocenters. The number of nitrogens with zero attached hydrogens (tertiary/aromatic N) is 2. The molecule has 0 saturated carbocycles. The van der Waals surface area contributed by atoms with Crippen LogP contribution in [0.1, 0.15) is 29.4 Å². The Balaban J connectivity index is 1.52. The summed E-state index contributed by atoms with van der Waals surface area (Å²) in [5, 5.41) is 17.4.